The van der Waals surface area contributed by atoms with Gasteiger partial charge in [0.05, 0.1) is 29.5 Å². The number of hydrogen-bond donors (Lipinski definition) is 1. The van der Waals surface area contributed by atoms with Gasteiger partial charge in [-0.1, -0.05) is 47.0 Å². The van der Waals surface area contributed by atoms with Gasteiger partial charge in [0.15, 0.2) is 11.5 Å². The van der Waals surface area contributed by atoms with Gasteiger partial charge < -0.3 is 5.32 Å². The summed E-state index contributed by atoms with van der Waals surface area (Å²) in [6.07, 6.45) is 0. The van der Waals surface area contributed by atoms with Gasteiger partial charge in [-0.15, -0.1) is 0 Å². The second-order valence-corrected chi connectivity index (χ2v) is 9.02. The van der Waals surface area contributed by atoms with E-state index in [1.54, 1.807) is 36.4 Å². The monoisotopic (exact) mass is 483 g/mol. The summed E-state index contributed by atoms with van der Waals surface area (Å²) in [4.78, 5) is 19.7. The van der Waals surface area contributed by atoms with Crippen LogP contribution in [0.25, 0.3) is 21.7 Å². The topological polar surface area (TPSA) is 90.8 Å². The maximum Gasteiger partial charge on any atom is 0.176 e. The van der Waals surface area contributed by atoms with E-state index in [2.05, 4.69) is 20.3 Å². The molecule has 1 N–H and O–H groups in total. The van der Waals surface area contributed by atoms with E-state index in [0.29, 0.717) is 22.4 Å². The molecule has 6 nitrogen and oxygen atoms in total. The summed E-state index contributed by atoms with van der Waals surface area (Å²) in [6, 6.07) is 16.3. The average Bonchev–Trinajstić information content (AvgIpc) is 2.83. The smallest absolute Gasteiger partial charge is 0.176 e. The third kappa shape index (κ3) is 5.97. The standard InChI is InChI=1S/C25H24ClF2N5O/c1-24(2,30-14-22(34)16-7-5-4-6-8-16)18-12-21(17-9-10-20(27)19(26)11-17)32-23(13-18)25(3,28)15-31-33-29/h4-13,30H,14-15H2,1-3H3. The van der Waals surface area contributed by atoms with E-state index >= 15 is 4.39 Å². The number of Topliss-reactive ketones (excluding diaryl/α,β-unsaturated/α-hetero) is 1. The summed E-state index contributed by atoms with van der Waals surface area (Å²) in [5.41, 5.74) is 7.93. The molecule has 1 atom stereocenters. The van der Waals surface area contributed by atoms with Crippen LogP contribution < -0.4 is 5.32 Å². The minimum absolute atomic E-state index is 0.0390. The number of nitrogens with one attached hydrogen (secondary N) is 1. The van der Waals surface area contributed by atoms with Gasteiger partial charge >= 0.3 is 0 Å². The second-order valence-electron chi connectivity index (χ2n) is 8.61. The summed E-state index contributed by atoms with van der Waals surface area (Å²) in [7, 11) is 0. The molecular weight excluding hydrogens is 460 g/mol. The molecule has 1 unspecified atom stereocenters. The van der Waals surface area contributed by atoms with E-state index in [-0.39, 0.29) is 23.0 Å². The number of carbonyl (C=O) groups excluding carboxylic acids is 1. The predicted molar refractivity (Wildman–Crippen MR) is 129 cm³/mol. The highest BCUT2D eigenvalue weighted by atomic mass is 35.5. The highest BCUT2D eigenvalue weighted by Crippen LogP contribution is 2.33. The molecule has 0 fully saturated rings. The van der Waals surface area contributed by atoms with Crippen LogP contribution in [0.15, 0.2) is 65.8 Å². The molecule has 3 aromatic rings. The van der Waals surface area contributed by atoms with Crippen LogP contribution in [0.1, 0.15) is 42.4 Å². The molecule has 0 aliphatic rings. The minimum Gasteiger partial charge on any atom is -0.301 e. The molecule has 0 aliphatic carbocycles. The van der Waals surface area contributed by atoms with Gasteiger partial charge in [-0.05, 0) is 62.2 Å². The zero-order valence-corrected chi connectivity index (χ0v) is 19.8. The minimum atomic E-state index is -2.06. The Morgan fingerprint density at radius 1 is 1.15 bits per heavy atom. The molecule has 1 heterocycles. The van der Waals surface area contributed by atoms with Crippen molar-refractivity contribution < 1.29 is 13.6 Å². The lowest BCUT2D eigenvalue weighted by atomic mass is 9.90. The highest BCUT2D eigenvalue weighted by Gasteiger charge is 2.31. The van der Waals surface area contributed by atoms with Gasteiger partial charge in [0.1, 0.15) is 5.82 Å². The largest absolute Gasteiger partial charge is 0.301 e. The maximum atomic E-state index is 15.5. The second kappa shape index (κ2) is 10.3. The van der Waals surface area contributed by atoms with E-state index in [1.165, 1.54) is 25.1 Å². The molecule has 0 saturated carbocycles. The number of nitrogens with zero attached hydrogens (tertiary/aromatic N) is 4. The number of alkyl halides is 1. The van der Waals surface area contributed by atoms with Crippen molar-refractivity contribution in [3.8, 4) is 11.3 Å². The Labute approximate surface area is 201 Å². The zero-order chi connectivity index (χ0) is 24.9. The van der Waals surface area contributed by atoms with Crippen molar-refractivity contribution in [1.29, 1.82) is 0 Å². The molecule has 0 radical (unpaired) electrons. The van der Waals surface area contributed by atoms with Crippen LogP contribution in [0.4, 0.5) is 8.78 Å². The molecular formula is C25H24ClF2N5O. The first-order valence-corrected chi connectivity index (χ1v) is 10.9. The lowest BCUT2D eigenvalue weighted by molar-refractivity contribution is 0.0980. The highest BCUT2D eigenvalue weighted by molar-refractivity contribution is 6.31. The van der Waals surface area contributed by atoms with E-state index in [0.717, 1.165) is 0 Å². The number of aromatic nitrogens is 1. The van der Waals surface area contributed by atoms with Crippen LogP contribution in [-0.4, -0.2) is 23.9 Å². The van der Waals surface area contributed by atoms with E-state index in [9.17, 15) is 9.18 Å². The molecule has 0 amide bonds. The molecule has 2 aromatic carbocycles. The maximum absolute atomic E-state index is 15.5. The first-order chi connectivity index (χ1) is 16.0. The van der Waals surface area contributed by atoms with Crippen molar-refractivity contribution in [2.45, 2.75) is 32.0 Å². The van der Waals surface area contributed by atoms with Crippen LogP contribution in [-0.2, 0) is 11.2 Å². The lowest BCUT2D eigenvalue weighted by Crippen LogP contribution is -2.40. The average molecular weight is 484 g/mol. The van der Waals surface area contributed by atoms with Crippen LogP contribution in [0.2, 0.25) is 5.02 Å². The van der Waals surface area contributed by atoms with Gasteiger partial charge in [0, 0.05) is 21.6 Å². The number of pyridine rings is 1. The summed E-state index contributed by atoms with van der Waals surface area (Å²) in [6.45, 7) is 4.58. The molecule has 176 valence electrons. The summed E-state index contributed by atoms with van der Waals surface area (Å²) in [5.74, 6) is -0.672. The van der Waals surface area contributed by atoms with Gasteiger partial charge in [-0.3, -0.25) is 4.79 Å². The Kier molecular flexibility index (Phi) is 7.67. The van der Waals surface area contributed by atoms with Crippen molar-refractivity contribution >= 4 is 17.4 Å². The fraction of sp³-hybridized carbons (Fsp3) is 0.280. The first kappa shape index (κ1) is 25.3. The summed E-state index contributed by atoms with van der Waals surface area (Å²) >= 11 is 5.95. The Morgan fingerprint density at radius 3 is 2.50 bits per heavy atom. The fourth-order valence-electron chi connectivity index (χ4n) is 3.34. The Hall–Kier alpha value is -3.32. The summed E-state index contributed by atoms with van der Waals surface area (Å²) in [5, 5.41) is 6.51. The number of halogens is 3. The zero-order valence-electron chi connectivity index (χ0n) is 19.0. The van der Waals surface area contributed by atoms with Crippen LogP contribution in [0.5, 0.6) is 0 Å². The van der Waals surface area contributed by atoms with Gasteiger partial charge in [0.25, 0.3) is 0 Å². The number of rotatable bonds is 9. The fourth-order valence-corrected chi connectivity index (χ4v) is 3.52. The van der Waals surface area contributed by atoms with Crippen LogP contribution >= 0.6 is 11.6 Å². The molecule has 0 saturated heterocycles. The number of azide groups is 1. The van der Waals surface area contributed by atoms with Gasteiger partial charge in [-0.2, -0.15) is 0 Å². The normalized spacial score (nSPS) is 13.1. The molecule has 1 aromatic heterocycles. The van der Waals surface area contributed by atoms with Gasteiger partial charge in [0.2, 0.25) is 0 Å². The van der Waals surface area contributed by atoms with Crippen molar-refractivity contribution in [1.82, 2.24) is 10.3 Å². The molecule has 0 spiro atoms. The number of carbonyl (C=O) groups is 1. The number of ketones is 1. The third-order valence-electron chi connectivity index (χ3n) is 5.51. The third-order valence-corrected chi connectivity index (χ3v) is 5.80. The Balaban J connectivity index is 2.01. The lowest BCUT2D eigenvalue weighted by Gasteiger charge is -2.29. The molecule has 0 aliphatic heterocycles. The first-order valence-electron chi connectivity index (χ1n) is 10.5. The van der Waals surface area contributed by atoms with E-state index in [4.69, 9.17) is 17.1 Å². The quantitative estimate of drug-likeness (QED) is 0.158. The van der Waals surface area contributed by atoms with Crippen molar-refractivity contribution in [3.05, 3.63) is 98.8 Å². The molecule has 3 rings (SSSR count). The molecule has 34 heavy (non-hydrogen) atoms. The molecule has 0 bridgehead atoms. The van der Waals surface area contributed by atoms with Crippen LogP contribution in [0, 0.1) is 5.82 Å². The predicted octanol–water partition coefficient (Wildman–Crippen LogP) is 6.74. The number of hydrogen-bond acceptors (Lipinski definition) is 4. The van der Waals surface area contributed by atoms with E-state index < -0.39 is 23.6 Å². The van der Waals surface area contributed by atoms with Crippen molar-refractivity contribution in [2.75, 3.05) is 13.1 Å². The number of benzene rings is 2. The Morgan fingerprint density at radius 2 is 1.85 bits per heavy atom. The summed E-state index contributed by atoms with van der Waals surface area (Å²) < 4.78 is 29.2. The van der Waals surface area contributed by atoms with Crippen LogP contribution in [0.3, 0.4) is 0 Å². The van der Waals surface area contributed by atoms with Gasteiger partial charge in [-0.25, -0.2) is 13.8 Å². The van der Waals surface area contributed by atoms with Crippen molar-refractivity contribution in [2.24, 2.45) is 5.11 Å². The SMILES string of the molecule is CC(F)(CN=[N+]=[N-])c1cc(C(C)(C)NCC(=O)c2ccccc2)cc(-c2ccc(F)c(Cl)c2)n1. The molecule has 9 heteroatoms. The Bertz CT molecular complexity index is 1240. The van der Waals surface area contributed by atoms with Crippen molar-refractivity contribution in [3.63, 3.8) is 0 Å². The van der Waals surface area contributed by atoms with E-state index in [1.807, 2.05) is 19.9 Å².